The van der Waals surface area contributed by atoms with Crippen molar-refractivity contribution in [1.29, 1.82) is 0 Å². The van der Waals surface area contributed by atoms with Crippen LogP contribution in [0.4, 0.5) is 11.4 Å². The van der Waals surface area contributed by atoms with Crippen LogP contribution in [0.15, 0.2) is 82.4 Å². The van der Waals surface area contributed by atoms with Crippen LogP contribution >= 0.6 is 0 Å². The highest BCUT2D eigenvalue weighted by molar-refractivity contribution is 6.40. The lowest BCUT2D eigenvalue weighted by Crippen LogP contribution is -2.14. The zero-order valence-electron chi connectivity index (χ0n) is 28.8. The van der Waals surface area contributed by atoms with Gasteiger partial charge in [0, 0.05) is 62.4 Å². The van der Waals surface area contributed by atoms with Crippen LogP contribution in [0.25, 0.3) is 98.0 Å². The van der Waals surface area contributed by atoms with E-state index in [0.717, 1.165) is 54.0 Å². The van der Waals surface area contributed by atoms with E-state index in [2.05, 4.69) is 29.7 Å². The number of fused-ring (bicyclic) bond motifs is 10. The molecule has 7 aromatic carbocycles. The molecular weight excluding hydrogens is 677 g/mol. The summed E-state index contributed by atoms with van der Waals surface area (Å²) in [6.07, 6.45) is 1.27. The summed E-state index contributed by atoms with van der Waals surface area (Å²) in [5.41, 5.74) is 9.92. The van der Waals surface area contributed by atoms with Crippen molar-refractivity contribution in [3.63, 3.8) is 0 Å². The Morgan fingerprint density at radius 2 is 1.02 bits per heavy atom. The fraction of sp³-hybridized carbons (Fsp3) is 0.0909. The van der Waals surface area contributed by atoms with Crippen molar-refractivity contribution < 1.29 is 4.92 Å². The Labute approximate surface area is 303 Å². The number of benzene rings is 7. The molecule has 254 valence electrons. The van der Waals surface area contributed by atoms with Gasteiger partial charge in [0.05, 0.1) is 21.6 Å². The van der Waals surface area contributed by atoms with Gasteiger partial charge in [-0.1, -0.05) is 61.8 Å². The van der Waals surface area contributed by atoms with Crippen molar-refractivity contribution in [2.45, 2.75) is 26.7 Å². The number of nitro groups is 1. The molecule has 0 aliphatic carbocycles. The highest BCUT2D eigenvalue weighted by Crippen LogP contribution is 2.46. The zero-order valence-corrected chi connectivity index (χ0v) is 28.8. The number of rotatable bonds is 1. The summed E-state index contributed by atoms with van der Waals surface area (Å²) in [6, 6.07) is 22.4. The first-order valence-corrected chi connectivity index (χ1v) is 17.6. The lowest BCUT2D eigenvalue weighted by atomic mass is 9.86. The Balaban J connectivity index is 1.28. The quantitative estimate of drug-likeness (QED) is 0.0455. The second-order valence-corrected chi connectivity index (χ2v) is 13.7. The topological polar surface area (TPSA) is 138 Å². The SMILES string of the molecule is CCC#Cc1cc(N)c2nc3c4ccc5c6ccc7c(=O)n8c9cc(C#CCC)cc([N+](=O)[O-])c9nc8c8ccc(c9ccc(c(=O)n3c2c1)c4c59)c6c78. The molecule has 0 radical (unpaired) electrons. The average Bonchev–Trinajstić information content (AvgIpc) is 3.76. The number of nitro benzene ring substituents is 1. The molecule has 0 spiro atoms. The van der Waals surface area contributed by atoms with Gasteiger partial charge in [0.25, 0.3) is 16.8 Å². The first-order valence-electron chi connectivity index (χ1n) is 17.6. The van der Waals surface area contributed by atoms with E-state index in [0.29, 0.717) is 68.1 Å². The monoisotopic (exact) mass is 700 g/mol. The molecule has 0 saturated carbocycles. The lowest BCUT2D eigenvalue weighted by molar-refractivity contribution is -0.383. The maximum atomic E-state index is 14.5. The van der Waals surface area contributed by atoms with Crippen LogP contribution in [-0.4, -0.2) is 23.7 Å². The van der Waals surface area contributed by atoms with Crippen LogP contribution in [0.5, 0.6) is 0 Å². The molecule has 0 aliphatic rings. The van der Waals surface area contributed by atoms with E-state index in [1.54, 1.807) is 16.5 Å². The van der Waals surface area contributed by atoms with Gasteiger partial charge in [-0.05, 0) is 74.8 Å². The summed E-state index contributed by atoms with van der Waals surface area (Å²) in [6.45, 7) is 3.88. The summed E-state index contributed by atoms with van der Waals surface area (Å²) in [5, 5.41) is 21.9. The summed E-state index contributed by atoms with van der Waals surface area (Å²) >= 11 is 0. The fourth-order valence-electron chi connectivity index (χ4n) is 8.66. The van der Waals surface area contributed by atoms with Crippen molar-refractivity contribution in [3.8, 4) is 23.7 Å². The summed E-state index contributed by atoms with van der Waals surface area (Å²) < 4.78 is 3.12. The van der Waals surface area contributed by atoms with Crippen LogP contribution in [0.1, 0.15) is 37.8 Å². The number of anilines is 1. The van der Waals surface area contributed by atoms with Crippen LogP contribution in [0, 0.1) is 33.8 Å². The third kappa shape index (κ3) is 3.61. The molecule has 0 unspecified atom stereocenters. The molecular formula is C44H24N6O4. The lowest BCUT2D eigenvalue weighted by Gasteiger charge is -2.18. The first-order chi connectivity index (χ1) is 26.3. The van der Waals surface area contributed by atoms with Crippen molar-refractivity contribution in [2.24, 2.45) is 0 Å². The molecule has 0 amide bonds. The first kappa shape index (κ1) is 30.1. The number of hydrogen-bond donors (Lipinski definition) is 1. The molecule has 2 N–H and O–H groups in total. The van der Waals surface area contributed by atoms with Crippen LogP contribution in [-0.2, 0) is 0 Å². The summed E-state index contributed by atoms with van der Waals surface area (Å²) in [4.78, 5) is 50.3. The highest BCUT2D eigenvalue weighted by atomic mass is 16.6. The number of imidazole rings is 2. The van der Waals surface area contributed by atoms with Crippen LogP contribution in [0.2, 0.25) is 0 Å². The molecule has 10 heteroatoms. The molecule has 0 bridgehead atoms. The van der Waals surface area contributed by atoms with E-state index < -0.39 is 4.92 Å². The molecule has 0 atom stereocenters. The van der Waals surface area contributed by atoms with Gasteiger partial charge in [-0.25, -0.2) is 9.97 Å². The highest BCUT2D eigenvalue weighted by Gasteiger charge is 2.26. The number of nitrogens with zero attached hydrogens (tertiary/aromatic N) is 5. The van der Waals surface area contributed by atoms with Crippen molar-refractivity contribution in [3.05, 3.63) is 115 Å². The third-order valence-electron chi connectivity index (χ3n) is 10.8. The van der Waals surface area contributed by atoms with Crippen molar-refractivity contribution in [1.82, 2.24) is 18.8 Å². The number of hydrogen-bond acceptors (Lipinski definition) is 7. The van der Waals surface area contributed by atoms with Gasteiger partial charge in [0.1, 0.15) is 16.8 Å². The Morgan fingerprint density at radius 3 is 1.50 bits per heavy atom. The zero-order chi connectivity index (χ0) is 36.7. The molecule has 54 heavy (non-hydrogen) atoms. The molecule has 0 aliphatic heterocycles. The Bertz CT molecular complexity index is 3780. The van der Waals surface area contributed by atoms with E-state index in [4.69, 9.17) is 15.7 Å². The number of nitrogen functional groups attached to an aromatic ring is 1. The van der Waals surface area contributed by atoms with Crippen LogP contribution < -0.4 is 16.9 Å². The van der Waals surface area contributed by atoms with E-state index in [-0.39, 0.29) is 22.3 Å². The summed E-state index contributed by atoms with van der Waals surface area (Å²) in [5.74, 6) is 12.2. The molecule has 4 heterocycles. The second-order valence-electron chi connectivity index (χ2n) is 13.7. The van der Waals surface area contributed by atoms with E-state index in [1.807, 2.05) is 62.4 Å². The molecule has 4 aromatic heterocycles. The van der Waals surface area contributed by atoms with Crippen molar-refractivity contribution >= 4 is 109 Å². The van der Waals surface area contributed by atoms with Crippen molar-refractivity contribution in [2.75, 3.05) is 5.73 Å². The fourth-order valence-corrected chi connectivity index (χ4v) is 8.66. The Hall–Kier alpha value is -7.56. The largest absolute Gasteiger partial charge is 0.397 e. The molecule has 11 rings (SSSR count). The summed E-state index contributed by atoms with van der Waals surface area (Å²) in [7, 11) is 0. The van der Waals surface area contributed by atoms with E-state index in [9.17, 15) is 19.7 Å². The maximum Gasteiger partial charge on any atom is 0.298 e. The minimum Gasteiger partial charge on any atom is -0.397 e. The maximum absolute atomic E-state index is 14.5. The van der Waals surface area contributed by atoms with Gasteiger partial charge in [0.2, 0.25) is 0 Å². The van der Waals surface area contributed by atoms with Gasteiger partial charge in [0.15, 0.2) is 5.52 Å². The smallest absolute Gasteiger partial charge is 0.298 e. The number of nitrogens with two attached hydrogens (primary N) is 1. The number of pyridine rings is 2. The van der Waals surface area contributed by atoms with Gasteiger partial charge >= 0.3 is 0 Å². The van der Waals surface area contributed by atoms with E-state index >= 15 is 0 Å². The minimum absolute atomic E-state index is 0.134. The third-order valence-corrected chi connectivity index (χ3v) is 10.8. The Kier molecular flexibility index (Phi) is 5.73. The molecule has 11 aromatic rings. The van der Waals surface area contributed by atoms with Gasteiger partial charge in [-0.3, -0.25) is 28.5 Å². The predicted octanol–water partition coefficient (Wildman–Crippen LogP) is 8.25. The van der Waals surface area contributed by atoms with Gasteiger partial charge in [-0.15, -0.1) is 0 Å². The number of aromatic nitrogens is 4. The van der Waals surface area contributed by atoms with E-state index in [1.165, 1.54) is 10.5 Å². The molecule has 10 nitrogen and oxygen atoms in total. The van der Waals surface area contributed by atoms with Gasteiger partial charge in [-0.2, -0.15) is 0 Å². The van der Waals surface area contributed by atoms with Gasteiger partial charge < -0.3 is 5.73 Å². The average molecular weight is 701 g/mol. The predicted molar refractivity (Wildman–Crippen MR) is 215 cm³/mol. The molecule has 0 fully saturated rings. The number of non-ortho nitro benzene ring substituents is 1. The standard InChI is InChI=1S/C44H24N6O4/c1-3-5-7-21-17-31(45)39-32(18-21)48-41(46-39)27-13-9-23-26-12-16-30-38-28(14-10-24(36(26)38)25-11-15-29(43(48)51)37(27)35(23)25)42-47-40-33(49(42)44(30)52)19-22(8-6-4-2)20-34(40)50(53)54/h9-20H,3-4,45H2,1-2H3. The molecule has 0 saturated heterocycles. The Morgan fingerprint density at radius 1 is 0.611 bits per heavy atom. The normalized spacial score (nSPS) is 12.1. The van der Waals surface area contributed by atoms with Crippen LogP contribution in [0.3, 0.4) is 0 Å². The second kappa shape index (κ2) is 10.3. The minimum atomic E-state index is -0.478.